The third-order valence-corrected chi connectivity index (χ3v) is 5.91. The number of H-pyrrole nitrogens is 1. The summed E-state index contributed by atoms with van der Waals surface area (Å²) in [6, 6.07) is 7.93. The first kappa shape index (κ1) is 23.7. The van der Waals surface area contributed by atoms with Gasteiger partial charge in [-0.3, -0.25) is 9.59 Å². The lowest BCUT2D eigenvalue weighted by molar-refractivity contribution is -0.138. The molecule has 7 nitrogen and oxygen atoms in total. The first-order chi connectivity index (χ1) is 16.0. The van der Waals surface area contributed by atoms with E-state index in [2.05, 4.69) is 15.3 Å². The van der Waals surface area contributed by atoms with Crippen LogP contribution < -0.4 is 10.9 Å². The highest BCUT2D eigenvalue weighted by atomic mass is 19.4. The molecule has 1 saturated heterocycles. The van der Waals surface area contributed by atoms with Gasteiger partial charge in [-0.25, -0.2) is 4.98 Å². The lowest BCUT2D eigenvalue weighted by Gasteiger charge is -2.33. The van der Waals surface area contributed by atoms with E-state index in [9.17, 15) is 22.8 Å². The number of hydrogen-bond donors (Lipinski definition) is 2. The van der Waals surface area contributed by atoms with E-state index in [0.717, 1.165) is 6.07 Å². The number of aromatic nitrogens is 2. The van der Waals surface area contributed by atoms with Gasteiger partial charge >= 0.3 is 6.18 Å². The largest absolute Gasteiger partial charge is 0.416 e. The molecule has 4 rings (SSSR count). The van der Waals surface area contributed by atoms with Crippen molar-refractivity contribution in [3.8, 4) is 0 Å². The first-order valence-corrected chi connectivity index (χ1v) is 10.9. The molecule has 34 heavy (non-hydrogen) atoms. The number of benzene rings is 2. The molecule has 1 aliphatic heterocycles. The van der Waals surface area contributed by atoms with Gasteiger partial charge < -0.3 is 19.9 Å². The molecule has 0 spiro atoms. The minimum absolute atomic E-state index is 0.00951. The molecule has 2 aromatic carbocycles. The Morgan fingerprint density at radius 3 is 2.62 bits per heavy atom. The van der Waals surface area contributed by atoms with E-state index < -0.39 is 23.3 Å². The highest BCUT2D eigenvalue weighted by Gasteiger charge is 2.35. The second-order valence-corrected chi connectivity index (χ2v) is 8.47. The number of amides is 1. The fraction of sp³-hybridized carbons (Fsp3) is 0.375. The van der Waals surface area contributed by atoms with Gasteiger partial charge in [0, 0.05) is 23.8 Å². The van der Waals surface area contributed by atoms with Gasteiger partial charge in [-0.15, -0.1) is 0 Å². The monoisotopic (exact) mass is 474 g/mol. The SMILES string of the molecule is Cc1nc2cc(C(F)(F)F)c(C(C)Nc3ccc(C(=O)N4CCOCC4C)cc3)cc2c(=O)[nH]1. The molecule has 1 aromatic heterocycles. The van der Waals surface area contributed by atoms with Gasteiger partial charge in [0.15, 0.2) is 0 Å². The number of rotatable bonds is 4. The molecule has 0 radical (unpaired) electrons. The smallest absolute Gasteiger partial charge is 0.379 e. The number of alkyl halides is 3. The Kier molecular flexibility index (Phi) is 6.35. The molecular formula is C24H25F3N4O3. The maximum absolute atomic E-state index is 13.8. The van der Waals surface area contributed by atoms with Crippen molar-refractivity contribution in [1.29, 1.82) is 0 Å². The Balaban J connectivity index is 1.61. The summed E-state index contributed by atoms with van der Waals surface area (Å²) in [5, 5.41) is 3.13. The molecule has 2 heterocycles. The summed E-state index contributed by atoms with van der Waals surface area (Å²) in [7, 11) is 0. The molecule has 180 valence electrons. The number of halogens is 3. The summed E-state index contributed by atoms with van der Waals surface area (Å²) in [6.45, 7) is 6.48. The van der Waals surface area contributed by atoms with Crippen LogP contribution in [-0.4, -0.2) is 46.6 Å². The third kappa shape index (κ3) is 4.77. The maximum atomic E-state index is 13.8. The van der Waals surface area contributed by atoms with Gasteiger partial charge in [-0.05, 0) is 62.7 Å². The number of carbonyl (C=O) groups is 1. The second kappa shape index (κ2) is 9.09. The molecular weight excluding hydrogens is 449 g/mol. The lowest BCUT2D eigenvalue weighted by Crippen LogP contribution is -2.47. The number of fused-ring (bicyclic) bond motifs is 1. The molecule has 3 aromatic rings. The number of ether oxygens (including phenoxy) is 1. The van der Waals surface area contributed by atoms with E-state index in [0.29, 0.717) is 31.0 Å². The minimum atomic E-state index is -4.62. The molecule has 0 aliphatic carbocycles. The van der Waals surface area contributed by atoms with E-state index in [1.165, 1.54) is 13.0 Å². The van der Waals surface area contributed by atoms with Gasteiger partial charge in [-0.2, -0.15) is 13.2 Å². The van der Waals surface area contributed by atoms with Crippen molar-refractivity contribution < 1.29 is 22.7 Å². The van der Waals surface area contributed by atoms with Crippen LogP contribution in [0.25, 0.3) is 10.9 Å². The van der Waals surface area contributed by atoms with Gasteiger partial charge in [0.2, 0.25) is 0 Å². The zero-order valence-corrected chi connectivity index (χ0v) is 19.0. The van der Waals surface area contributed by atoms with Crippen LogP contribution in [-0.2, 0) is 10.9 Å². The van der Waals surface area contributed by atoms with Crippen LogP contribution in [0.5, 0.6) is 0 Å². The predicted molar refractivity (Wildman–Crippen MR) is 122 cm³/mol. The van der Waals surface area contributed by atoms with E-state index in [1.807, 2.05) is 6.92 Å². The Bertz CT molecular complexity index is 1270. The number of aryl methyl sites for hydroxylation is 1. The van der Waals surface area contributed by atoms with E-state index >= 15 is 0 Å². The van der Waals surface area contributed by atoms with Crippen molar-refractivity contribution in [3.05, 3.63) is 69.3 Å². The van der Waals surface area contributed by atoms with Gasteiger partial charge in [0.05, 0.1) is 35.7 Å². The van der Waals surface area contributed by atoms with Crippen molar-refractivity contribution in [2.45, 2.75) is 39.0 Å². The molecule has 1 aliphatic rings. The highest BCUT2D eigenvalue weighted by Crippen LogP contribution is 2.37. The molecule has 2 N–H and O–H groups in total. The Hall–Kier alpha value is -3.40. The van der Waals surface area contributed by atoms with Crippen LogP contribution in [0, 0.1) is 6.92 Å². The normalized spacial score (nSPS) is 17.6. The van der Waals surface area contributed by atoms with Crippen LogP contribution in [0.4, 0.5) is 18.9 Å². The highest BCUT2D eigenvalue weighted by molar-refractivity contribution is 5.94. The van der Waals surface area contributed by atoms with E-state index in [4.69, 9.17) is 4.74 Å². The Labute approximate surface area is 193 Å². The van der Waals surface area contributed by atoms with Crippen molar-refractivity contribution in [1.82, 2.24) is 14.9 Å². The summed E-state index contributed by atoms with van der Waals surface area (Å²) in [6.07, 6.45) is -4.62. The number of morpholine rings is 1. The summed E-state index contributed by atoms with van der Waals surface area (Å²) in [5.41, 5.74) is -0.400. The summed E-state index contributed by atoms with van der Waals surface area (Å²) in [5.74, 6) is 0.122. The molecule has 2 unspecified atom stereocenters. The second-order valence-electron chi connectivity index (χ2n) is 8.47. The number of carbonyl (C=O) groups excluding carboxylic acids is 1. The zero-order valence-electron chi connectivity index (χ0n) is 19.0. The minimum Gasteiger partial charge on any atom is -0.379 e. The van der Waals surface area contributed by atoms with Crippen molar-refractivity contribution >= 4 is 22.5 Å². The summed E-state index contributed by atoms with van der Waals surface area (Å²) >= 11 is 0. The molecule has 10 heteroatoms. The predicted octanol–water partition coefficient (Wildman–Crippen LogP) is 4.28. The molecule has 0 bridgehead atoms. The fourth-order valence-electron chi connectivity index (χ4n) is 4.15. The van der Waals surface area contributed by atoms with Crippen LogP contribution in [0.3, 0.4) is 0 Å². The van der Waals surface area contributed by atoms with Crippen molar-refractivity contribution in [3.63, 3.8) is 0 Å². The average molecular weight is 474 g/mol. The standard InChI is InChI=1S/C24H25F3N4O3/c1-13-12-34-9-8-31(13)23(33)16-4-6-17(7-5-16)28-14(2)18-10-19-21(11-20(18)24(25,26)27)29-15(3)30-22(19)32/h4-7,10-11,13-14,28H,8-9,12H2,1-3H3,(H,29,30,32). The first-order valence-electron chi connectivity index (χ1n) is 10.9. The number of nitrogens with zero attached hydrogens (tertiary/aromatic N) is 2. The van der Waals surface area contributed by atoms with Crippen molar-refractivity contribution in [2.75, 3.05) is 25.1 Å². The lowest BCUT2D eigenvalue weighted by atomic mass is 9.98. The number of hydrogen-bond acceptors (Lipinski definition) is 5. The van der Waals surface area contributed by atoms with Gasteiger partial charge in [-0.1, -0.05) is 0 Å². The molecule has 0 saturated carbocycles. The van der Waals surface area contributed by atoms with Crippen LogP contribution in [0.1, 0.15) is 47.2 Å². The van der Waals surface area contributed by atoms with Crippen LogP contribution in [0.2, 0.25) is 0 Å². The quantitative estimate of drug-likeness (QED) is 0.589. The van der Waals surface area contributed by atoms with Crippen molar-refractivity contribution in [2.24, 2.45) is 0 Å². The number of anilines is 1. The maximum Gasteiger partial charge on any atom is 0.416 e. The number of nitrogens with one attached hydrogen (secondary N) is 2. The Morgan fingerprint density at radius 1 is 1.26 bits per heavy atom. The van der Waals surface area contributed by atoms with Crippen LogP contribution >= 0.6 is 0 Å². The molecule has 2 atom stereocenters. The molecule has 1 fully saturated rings. The topological polar surface area (TPSA) is 87.3 Å². The average Bonchev–Trinajstić information content (AvgIpc) is 2.78. The summed E-state index contributed by atoms with van der Waals surface area (Å²) in [4.78, 5) is 33.4. The van der Waals surface area contributed by atoms with Gasteiger partial charge in [0.1, 0.15) is 5.82 Å². The third-order valence-electron chi connectivity index (χ3n) is 5.91. The van der Waals surface area contributed by atoms with E-state index in [1.54, 1.807) is 36.1 Å². The van der Waals surface area contributed by atoms with E-state index in [-0.39, 0.29) is 34.2 Å². The summed E-state index contributed by atoms with van der Waals surface area (Å²) < 4.78 is 46.9. The Morgan fingerprint density at radius 2 is 1.97 bits per heavy atom. The fourth-order valence-corrected chi connectivity index (χ4v) is 4.15. The number of aromatic amines is 1. The zero-order chi connectivity index (χ0) is 24.6. The molecule has 1 amide bonds. The van der Waals surface area contributed by atoms with Gasteiger partial charge in [0.25, 0.3) is 11.5 Å². The van der Waals surface area contributed by atoms with Crippen LogP contribution in [0.15, 0.2) is 41.2 Å².